The van der Waals surface area contributed by atoms with Crippen molar-refractivity contribution >= 4 is 11.9 Å². The molecule has 0 spiro atoms. The quantitative estimate of drug-likeness (QED) is 0.632. The van der Waals surface area contributed by atoms with E-state index in [1.165, 1.54) is 6.08 Å². The largest absolute Gasteiger partial charge is 0.477 e. The molecule has 0 fully saturated rings. The Hall–Kier alpha value is -2.36. The number of carboxylic acid groups (broad SMARTS) is 1. The van der Waals surface area contributed by atoms with Gasteiger partial charge in [-0.15, -0.1) is 0 Å². The maximum absolute atomic E-state index is 11.8. The van der Waals surface area contributed by atoms with Gasteiger partial charge in [-0.3, -0.25) is 4.79 Å². The molecule has 1 rings (SSSR count). The summed E-state index contributed by atoms with van der Waals surface area (Å²) in [5, 5.41) is 11.3. The van der Waals surface area contributed by atoms with Gasteiger partial charge in [-0.25, -0.2) is 4.79 Å². The molecule has 0 aliphatic rings. The predicted molar refractivity (Wildman–Crippen MR) is 69.1 cm³/mol. The van der Waals surface area contributed by atoms with Gasteiger partial charge < -0.3 is 10.4 Å². The van der Waals surface area contributed by atoms with Gasteiger partial charge in [-0.05, 0) is 32.1 Å². The first-order chi connectivity index (χ1) is 8.50. The van der Waals surface area contributed by atoms with Crippen LogP contribution in [0.25, 0.3) is 0 Å². The van der Waals surface area contributed by atoms with E-state index in [1.807, 2.05) is 13.8 Å². The van der Waals surface area contributed by atoms with Gasteiger partial charge in [0, 0.05) is 5.56 Å². The van der Waals surface area contributed by atoms with Gasteiger partial charge >= 0.3 is 5.97 Å². The van der Waals surface area contributed by atoms with Crippen molar-refractivity contribution in [2.75, 3.05) is 0 Å². The second kappa shape index (κ2) is 6.39. The molecule has 94 valence electrons. The number of rotatable bonds is 4. The highest BCUT2D eigenvalue weighted by Gasteiger charge is 2.11. The van der Waals surface area contributed by atoms with Crippen LogP contribution >= 0.6 is 0 Å². The molecule has 0 aliphatic carbocycles. The second-order valence-corrected chi connectivity index (χ2v) is 3.95. The Bertz CT molecular complexity index is 497. The van der Waals surface area contributed by atoms with Gasteiger partial charge in [0.1, 0.15) is 5.70 Å². The first-order valence-electron chi connectivity index (χ1n) is 5.45. The van der Waals surface area contributed by atoms with Gasteiger partial charge in [0.2, 0.25) is 0 Å². The maximum Gasteiger partial charge on any atom is 0.352 e. The minimum atomic E-state index is -1.17. The number of aliphatic carboxylic acids is 1. The van der Waals surface area contributed by atoms with Crippen molar-refractivity contribution in [1.82, 2.24) is 5.32 Å². The molecule has 0 radical (unpaired) electrons. The number of allylic oxidation sites excluding steroid dienone is 3. The molecule has 0 saturated heterocycles. The Labute approximate surface area is 106 Å². The fourth-order valence-electron chi connectivity index (χ4n) is 1.20. The highest BCUT2D eigenvalue weighted by molar-refractivity contribution is 6.00. The van der Waals surface area contributed by atoms with E-state index in [2.05, 4.69) is 5.32 Å². The molecule has 1 aromatic carbocycles. The van der Waals surface area contributed by atoms with Crippen molar-refractivity contribution in [2.45, 2.75) is 13.8 Å². The summed E-state index contributed by atoms with van der Waals surface area (Å²) in [4.78, 5) is 22.7. The van der Waals surface area contributed by atoms with Gasteiger partial charge in [-0.2, -0.15) is 0 Å². The summed E-state index contributed by atoms with van der Waals surface area (Å²) in [6.45, 7) is 3.68. The van der Waals surface area contributed by atoms with Crippen LogP contribution in [0.4, 0.5) is 0 Å². The fourth-order valence-corrected chi connectivity index (χ4v) is 1.20. The van der Waals surface area contributed by atoms with E-state index in [0.29, 0.717) is 5.56 Å². The average molecular weight is 245 g/mol. The zero-order valence-corrected chi connectivity index (χ0v) is 10.3. The Morgan fingerprint density at radius 2 is 1.72 bits per heavy atom. The molecule has 2 N–H and O–H groups in total. The summed E-state index contributed by atoms with van der Waals surface area (Å²) in [6, 6.07) is 8.46. The molecule has 0 atom stereocenters. The Morgan fingerprint density at radius 1 is 1.11 bits per heavy atom. The van der Waals surface area contributed by atoms with Crippen molar-refractivity contribution in [3.05, 3.63) is 59.3 Å². The van der Waals surface area contributed by atoms with Gasteiger partial charge in [-0.1, -0.05) is 29.8 Å². The van der Waals surface area contributed by atoms with Gasteiger partial charge in [0.25, 0.3) is 5.91 Å². The van der Waals surface area contributed by atoms with E-state index >= 15 is 0 Å². The minimum Gasteiger partial charge on any atom is -0.477 e. The summed E-state index contributed by atoms with van der Waals surface area (Å²) in [7, 11) is 0. The fraction of sp³-hybridized carbons (Fsp3) is 0.143. The van der Waals surface area contributed by atoms with Crippen molar-refractivity contribution in [3.63, 3.8) is 0 Å². The Morgan fingerprint density at radius 3 is 2.22 bits per heavy atom. The smallest absolute Gasteiger partial charge is 0.352 e. The molecular formula is C14H15NO3. The molecule has 0 aromatic heterocycles. The highest BCUT2D eigenvalue weighted by Crippen LogP contribution is 2.01. The lowest BCUT2D eigenvalue weighted by Gasteiger charge is -2.05. The lowest BCUT2D eigenvalue weighted by Crippen LogP contribution is -2.27. The number of carboxylic acids is 1. The van der Waals surface area contributed by atoms with Crippen LogP contribution in [0.5, 0.6) is 0 Å². The summed E-state index contributed by atoms with van der Waals surface area (Å²) in [5.74, 6) is -1.61. The van der Waals surface area contributed by atoms with Crippen molar-refractivity contribution in [3.8, 4) is 0 Å². The number of hydrogen-bond donors (Lipinski definition) is 2. The van der Waals surface area contributed by atoms with Crippen molar-refractivity contribution < 1.29 is 14.7 Å². The lowest BCUT2D eigenvalue weighted by atomic mass is 10.2. The molecule has 0 unspecified atom stereocenters. The molecule has 0 heterocycles. The predicted octanol–water partition coefficient (Wildman–Crippen LogP) is 2.35. The third-order valence-corrected chi connectivity index (χ3v) is 2.10. The molecule has 4 nitrogen and oxygen atoms in total. The number of carbonyl (C=O) groups excluding carboxylic acids is 1. The number of amides is 1. The first-order valence-corrected chi connectivity index (χ1v) is 5.45. The zero-order valence-electron chi connectivity index (χ0n) is 10.3. The maximum atomic E-state index is 11.8. The monoisotopic (exact) mass is 245 g/mol. The van der Waals surface area contributed by atoms with Crippen LogP contribution in [-0.2, 0) is 4.79 Å². The van der Waals surface area contributed by atoms with E-state index in [9.17, 15) is 9.59 Å². The zero-order chi connectivity index (χ0) is 13.5. The van der Waals surface area contributed by atoms with Crippen LogP contribution < -0.4 is 5.32 Å². The standard InChI is InChI=1S/C14H15NO3/c1-10(2)8-9-12(14(17)18)15-13(16)11-6-4-3-5-7-11/h3-9H,1-2H3,(H,15,16)(H,17,18). The van der Waals surface area contributed by atoms with E-state index in [1.54, 1.807) is 36.4 Å². The third-order valence-electron chi connectivity index (χ3n) is 2.10. The number of benzene rings is 1. The van der Waals surface area contributed by atoms with E-state index in [0.717, 1.165) is 5.57 Å². The number of nitrogens with one attached hydrogen (secondary N) is 1. The highest BCUT2D eigenvalue weighted by atomic mass is 16.4. The number of carbonyl (C=O) groups is 2. The second-order valence-electron chi connectivity index (χ2n) is 3.95. The van der Waals surface area contributed by atoms with Crippen molar-refractivity contribution in [1.29, 1.82) is 0 Å². The van der Waals surface area contributed by atoms with Crippen LogP contribution in [0.3, 0.4) is 0 Å². The molecule has 1 amide bonds. The van der Waals surface area contributed by atoms with Crippen LogP contribution in [0.2, 0.25) is 0 Å². The SMILES string of the molecule is CC(C)=CC=C(NC(=O)c1ccccc1)C(=O)O. The topological polar surface area (TPSA) is 66.4 Å². The summed E-state index contributed by atoms with van der Waals surface area (Å²) in [5.41, 5.74) is 1.22. The van der Waals surface area contributed by atoms with Crippen LogP contribution in [-0.4, -0.2) is 17.0 Å². The average Bonchev–Trinajstić information content (AvgIpc) is 2.34. The van der Waals surface area contributed by atoms with Crippen LogP contribution in [0.15, 0.2) is 53.8 Å². The van der Waals surface area contributed by atoms with E-state index in [-0.39, 0.29) is 5.70 Å². The molecule has 1 aromatic rings. The molecule has 18 heavy (non-hydrogen) atoms. The lowest BCUT2D eigenvalue weighted by molar-refractivity contribution is -0.133. The first kappa shape index (κ1) is 13.7. The van der Waals surface area contributed by atoms with Gasteiger partial charge in [0.05, 0.1) is 0 Å². The summed E-state index contributed by atoms with van der Waals surface area (Å²) >= 11 is 0. The summed E-state index contributed by atoms with van der Waals surface area (Å²) in [6.07, 6.45) is 3.01. The Kier molecular flexibility index (Phi) is 4.87. The normalized spacial score (nSPS) is 10.7. The minimum absolute atomic E-state index is 0.148. The molecule has 0 bridgehead atoms. The number of hydrogen-bond acceptors (Lipinski definition) is 2. The third kappa shape index (κ3) is 4.25. The Balaban J connectivity index is 2.86. The van der Waals surface area contributed by atoms with Crippen LogP contribution in [0, 0.1) is 0 Å². The van der Waals surface area contributed by atoms with Gasteiger partial charge in [0.15, 0.2) is 0 Å². The summed E-state index contributed by atoms with van der Waals surface area (Å²) < 4.78 is 0. The van der Waals surface area contributed by atoms with E-state index in [4.69, 9.17) is 5.11 Å². The molecule has 4 heteroatoms. The molecule has 0 saturated carbocycles. The molecular weight excluding hydrogens is 230 g/mol. The van der Waals surface area contributed by atoms with E-state index < -0.39 is 11.9 Å². The molecule has 0 aliphatic heterocycles. The van der Waals surface area contributed by atoms with Crippen LogP contribution in [0.1, 0.15) is 24.2 Å². The van der Waals surface area contributed by atoms with Crippen molar-refractivity contribution in [2.24, 2.45) is 0 Å².